The fraction of sp³-hybridized carbons (Fsp3) is 0.833. The van der Waals surface area contributed by atoms with Gasteiger partial charge in [-0.25, -0.2) is 0 Å². The molecule has 0 radical (unpaired) electrons. The summed E-state index contributed by atoms with van der Waals surface area (Å²) in [5, 5.41) is 0. The zero-order chi connectivity index (χ0) is 11.1. The maximum Gasteiger partial charge on any atom is 0.0163 e. The summed E-state index contributed by atoms with van der Waals surface area (Å²) >= 11 is 0. The van der Waals surface area contributed by atoms with Crippen molar-refractivity contribution in [2.45, 2.75) is 25.8 Å². The zero-order valence-electron chi connectivity index (χ0n) is 10.2. The van der Waals surface area contributed by atoms with Crippen LogP contribution in [0.3, 0.4) is 0 Å². The molecule has 2 N–H and O–H groups in total. The van der Waals surface area contributed by atoms with E-state index in [1.54, 1.807) is 0 Å². The molecule has 0 amide bonds. The van der Waals surface area contributed by atoms with Gasteiger partial charge in [0.2, 0.25) is 0 Å². The van der Waals surface area contributed by atoms with Gasteiger partial charge in [0, 0.05) is 19.1 Å². The van der Waals surface area contributed by atoms with Gasteiger partial charge in [0.25, 0.3) is 0 Å². The summed E-state index contributed by atoms with van der Waals surface area (Å²) in [6, 6.07) is 0.759. The van der Waals surface area contributed by atoms with Crippen LogP contribution in [0, 0.1) is 0 Å². The van der Waals surface area contributed by atoms with Gasteiger partial charge in [-0.05, 0) is 39.5 Å². The maximum absolute atomic E-state index is 5.42. The number of nitrogens with zero attached hydrogens (tertiary/aromatic N) is 2. The first kappa shape index (κ1) is 12.7. The average Bonchev–Trinajstić information content (AvgIpc) is 2.29. The summed E-state index contributed by atoms with van der Waals surface area (Å²) in [7, 11) is 2.22. The molecule has 0 aromatic carbocycles. The average molecular weight is 211 g/mol. The lowest BCUT2D eigenvalue weighted by Gasteiger charge is -2.35. The van der Waals surface area contributed by atoms with Crippen LogP contribution in [0.5, 0.6) is 0 Å². The number of hydrogen-bond donors (Lipinski definition) is 1. The highest BCUT2D eigenvalue weighted by atomic mass is 15.2. The number of rotatable bonds is 5. The zero-order valence-corrected chi connectivity index (χ0v) is 10.2. The summed E-state index contributed by atoms with van der Waals surface area (Å²) in [5.74, 6) is 0. The van der Waals surface area contributed by atoms with E-state index in [-0.39, 0.29) is 0 Å². The van der Waals surface area contributed by atoms with E-state index in [4.69, 9.17) is 5.73 Å². The van der Waals surface area contributed by atoms with E-state index in [0.717, 1.165) is 12.6 Å². The van der Waals surface area contributed by atoms with Crippen LogP contribution >= 0.6 is 0 Å². The summed E-state index contributed by atoms with van der Waals surface area (Å²) < 4.78 is 0. The van der Waals surface area contributed by atoms with Gasteiger partial charge in [0.05, 0.1) is 0 Å². The highest BCUT2D eigenvalue weighted by Crippen LogP contribution is 2.14. The molecule has 0 saturated carbocycles. The Hall–Kier alpha value is -0.380. The third kappa shape index (κ3) is 4.33. The Morgan fingerprint density at radius 2 is 2.00 bits per heavy atom. The highest BCUT2D eigenvalue weighted by Gasteiger charge is 2.20. The smallest absolute Gasteiger partial charge is 0.0163 e. The molecule has 3 nitrogen and oxygen atoms in total. The molecule has 1 heterocycles. The standard InChI is InChI=1S/C12H25N3/c1-3-15-10-6-12(7-11-15)14(2)9-5-4-8-13/h4-5,12H,3,6-11,13H2,1-2H3. The summed E-state index contributed by atoms with van der Waals surface area (Å²) in [5.41, 5.74) is 5.42. The molecule has 88 valence electrons. The summed E-state index contributed by atoms with van der Waals surface area (Å²) in [6.45, 7) is 7.64. The molecule has 3 heteroatoms. The molecule has 0 aromatic rings. The Morgan fingerprint density at radius 1 is 1.33 bits per heavy atom. The molecular weight excluding hydrogens is 186 g/mol. The fourth-order valence-electron chi connectivity index (χ4n) is 2.16. The van der Waals surface area contributed by atoms with Crippen molar-refractivity contribution >= 4 is 0 Å². The molecule has 0 atom stereocenters. The van der Waals surface area contributed by atoms with Gasteiger partial charge in [0.1, 0.15) is 0 Å². The van der Waals surface area contributed by atoms with Gasteiger partial charge < -0.3 is 10.6 Å². The van der Waals surface area contributed by atoms with Crippen molar-refractivity contribution in [3.8, 4) is 0 Å². The van der Waals surface area contributed by atoms with Crippen LogP contribution in [-0.2, 0) is 0 Å². The van der Waals surface area contributed by atoms with Gasteiger partial charge in [-0.3, -0.25) is 4.90 Å². The summed E-state index contributed by atoms with van der Waals surface area (Å²) in [4.78, 5) is 4.97. The Bertz CT molecular complexity index is 183. The first-order valence-electron chi connectivity index (χ1n) is 6.05. The van der Waals surface area contributed by atoms with Crippen LogP contribution < -0.4 is 5.73 Å². The fourth-order valence-corrected chi connectivity index (χ4v) is 2.16. The monoisotopic (exact) mass is 211 g/mol. The van der Waals surface area contributed by atoms with Crippen molar-refractivity contribution in [1.82, 2.24) is 9.80 Å². The van der Waals surface area contributed by atoms with Crippen molar-refractivity contribution in [3.05, 3.63) is 12.2 Å². The number of piperidine rings is 1. The molecule has 1 rings (SSSR count). The van der Waals surface area contributed by atoms with Crippen LogP contribution in [0.1, 0.15) is 19.8 Å². The van der Waals surface area contributed by atoms with Crippen molar-refractivity contribution in [2.75, 3.05) is 39.8 Å². The number of likely N-dealkylation sites (tertiary alicyclic amines) is 1. The Kier molecular flexibility index (Phi) is 5.91. The van der Waals surface area contributed by atoms with Crippen LogP contribution in [-0.4, -0.2) is 55.6 Å². The van der Waals surface area contributed by atoms with E-state index in [1.165, 1.54) is 32.5 Å². The minimum Gasteiger partial charge on any atom is -0.327 e. The Morgan fingerprint density at radius 3 is 2.53 bits per heavy atom. The molecule has 1 aliphatic rings. The van der Waals surface area contributed by atoms with Crippen LogP contribution in [0.15, 0.2) is 12.2 Å². The quantitative estimate of drug-likeness (QED) is 0.686. The van der Waals surface area contributed by atoms with E-state index < -0.39 is 0 Å². The third-order valence-electron chi connectivity index (χ3n) is 3.32. The molecule has 0 aromatic heterocycles. The topological polar surface area (TPSA) is 32.5 Å². The predicted molar refractivity (Wildman–Crippen MR) is 66.0 cm³/mol. The summed E-state index contributed by atoms with van der Waals surface area (Å²) in [6.07, 6.45) is 6.82. The first-order chi connectivity index (χ1) is 7.27. The number of likely N-dealkylation sites (N-methyl/N-ethyl adjacent to an activating group) is 1. The highest BCUT2D eigenvalue weighted by molar-refractivity contribution is 4.87. The van der Waals surface area contributed by atoms with Crippen molar-refractivity contribution < 1.29 is 0 Å². The van der Waals surface area contributed by atoms with Crippen molar-refractivity contribution in [3.63, 3.8) is 0 Å². The minimum atomic E-state index is 0.655. The largest absolute Gasteiger partial charge is 0.327 e. The molecule has 0 bridgehead atoms. The third-order valence-corrected chi connectivity index (χ3v) is 3.32. The van der Waals surface area contributed by atoms with Crippen molar-refractivity contribution in [1.29, 1.82) is 0 Å². The number of nitrogens with two attached hydrogens (primary N) is 1. The Labute approximate surface area is 93.9 Å². The predicted octanol–water partition coefficient (Wildman–Crippen LogP) is 0.917. The molecule has 1 fully saturated rings. The van der Waals surface area contributed by atoms with E-state index in [9.17, 15) is 0 Å². The van der Waals surface area contributed by atoms with Crippen LogP contribution in [0.25, 0.3) is 0 Å². The lowest BCUT2D eigenvalue weighted by atomic mass is 10.0. The molecular formula is C12H25N3. The van der Waals surface area contributed by atoms with Gasteiger partial charge in [-0.2, -0.15) is 0 Å². The van der Waals surface area contributed by atoms with Crippen molar-refractivity contribution in [2.24, 2.45) is 5.73 Å². The molecule has 15 heavy (non-hydrogen) atoms. The number of hydrogen-bond acceptors (Lipinski definition) is 3. The van der Waals surface area contributed by atoms with Gasteiger partial charge in [-0.1, -0.05) is 19.1 Å². The van der Waals surface area contributed by atoms with Crippen LogP contribution in [0.4, 0.5) is 0 Å². The Balaban J connectivity index is 2.23. The van der Waals surface area contributed by atoms with Gasteiger partial charge in [-0.15, -0.1) is 0 Å². The lowest BCUT2D eigenvalue weighted by molar-refractivity contribution is 0.140. The molecule has 1 saturated heterocycles. The molecule has 0 unspecified atom stereocenters. The van der Waals surface area contributed by atoms with E-state index in [2.05, 4.69) is 29.8 Å². The van der Waals surface area contributed by atoms with Gasteiger partial charge in [0.15, 0.2) is 0 Å². The molecule has 0 spiro atoms. The second kappa shape index (κ2) is 6.99. The van der Waals surface area contributed by atoms with Crippen LogP contribution in [0.2, 0.25) is 0 Å². The molecule has 0 aliphatic carbocycles. The molecule has 1 aliphatic heterocycles. The second-order valence-electron chi connectivity index (χ2n) is 4.31. The SMILES string of the molecule is CCN1CCC(N(C)CC=CCN)CC1. The van der Waals surface area contributed by atoms with E-state index in [0.29, 0.717) is 6.54 Å². The maximum atomic E-state index is 5.42. The normalized spacial score (nSPS) is 20.5. The van der Waals surface area contributed by atoms with Gasteiger partial charge >= 0.3 is 0 Å². The first-order valence-corrected chi connectivity index (χ1v) is 6.05. The minimum absolute atomic E-state index is 0.655. The second-order valence-corrected chi connectivity index (χ2v) is 4.31. The lowest BCUT2D eigenvalue weighted by Crippen LogP contribution is -2.43. The van der Waals surface area contributed by atoms with E-state index in [1.807, 2.05) is 6.08 Å². The van der Waals surface area contributed by atoms with E-state index >= 15 is 0 Å².